The standard InChI is InChI=1S/C18H22O2/c1-14(15-8-4-2-5-9-15)12-13-17(18(19)20)16-10-6-3-7-11-16/h2-11,14,17-20H,12-13H2,1H3. The van der Waals surface area contributed by atoms with Gasteiger partial charge >= 0.3 is 0 Å². The molecule has 0 saturated heterocycles. The summed E-state index contributed by atoms with van der Waals surface area (Å²) in [5.41, 5.74) is 2.29. The van der Waals surface area contributed by atoms with Gasteiger partial charge in [-0.25, -0.2) is 0 Å². The van der Waals surface area contributed by atoms with Gasteiger partial charge in [0.1, 0.15) is 0 Å². The summed E-state index contributed by atoms with van der Waals surface area (Å²) in [5.74, 6) is 0.198. The molecule has 106 valence electrons. The van der Waals surface area contributed by atoms with E-state index in [1.54, 1.807) is 0 Å². The molecule has 2 rings (SSSR count). The predicted molar refractivity (Wildman–Crippen MR) is 81.5 cm³/mol. The van der Waals surface area contributed by atoms with Gasteiger partial charge in [-0.3, -0.25) is 0 Å². The predicted octanol–water partition coefficient (Wildman–Crippen LogP) is 3.66. The lowest BCUT2D eigenvalue weighted by Gasteiger charge is -2.21. The van der Waals surface area contributed by atoms with E-state index in [0.717, 1.165) is 18.4 Å². The van der Waals surface area contributed by atoms with Crippen molar-refractivity contribution in [2.24, 2.45) is 0 Å². The molecule has 2 N–H and O–H groups in total. The number of aliphatic hydroxyl groups is 2. The Labute approximate surface area is 120 Å². The highest BCUT2D eigenvalue weighted by Gasteiger charge is 2.19. The Hall–Kier alpha value is -1.64. The van der Waals surface area contributed by atoms with Gasteiger partial charge in [-0.15, -0.1) is 0 Å². The Bertz CT molecular complexity index is 493. The van der Waals surface area contributed by atoms with Crippen LogP contribution < -0.4 is 0 Å². The summed E-state index contributed by atoms with van der Waals surface area (Å²) in [6.07, 6.45) is 0.388. The summed E-state index contributed by atoms with van der Waals surface area (Å²) in [6.45, 7) is 2.18. The SMILES string of the molecule is CC(CCC(c1ccccc1)C(O)O)c1ccccc1. The van der Waals surface area contributed by atoms with Crippen LogP contribution in [0.15, 0.2) is 60.7 Å². The molecule has 2 aromatic carbocycles. The van der Waals surface area contributed by atoms with Gasteiger partial charge < -0.3 is 10.2 Å². The van der Waals surface area contributed by atoms with Crippen LogP contribution in [0.1, 0.15) is 42.7 Å². The first-order valence-electron chi connectivity index (χ1n) is 7.14. The van der Waals surface area contributed by atoms with Gasteiger partial charge in [0.15, 0.2) is 6.29 Å². The lowest BCUT2D eigenvalue weighted by Crippen LogP contribution is -2.18. The quantitative estimate of drug-likeness (QED) is 0.786. The zero-order valence-corrected chi connectivity index (χ0v) is 11.8. The van der Waals surface area contributed by atoms with E-state index in [2.05, 4.69) is 19.1 Å². The fourth-order valence-electron chi connectivity index (χ4n) is 2.57. The molecule has 2 aromatic rings. The van der Waals surface area contributed by atoms with Crippen molar-refractivity contribution < 1.29 is 10.2 Å². The highest BCUT2D eigenvalue weighted by molar-refractivity contribution is 5.21. The summed E-state index contributed by atoms with van der Waals surface area (Å²) >= 11 is 0. The van der Waals surface area contributed by atoms with E-state index in [1.165, 1.54) is 5.56 Å². The maximum absolute atomic E-state index is 9.60. The Morgan fingerprint density at radius 3 is 1.75 bits per heavy atom. The van der Waals surface area contributed by atoms with Crippen LogP contribution in [-0.4, -0.2) is 16.5 Å². The lowest BCUT2D eigenvalue weighted by molar-refractivity contribution is -0.0625. The summed E-state index contributed by atoms with van der Waals surface area (Å²) < 4.78 is 0. The van der Waals surface area contributed by atoms with Crippen molar-refractivity contribution in [1.29, 1.82) is 0 Å². The second kappa shape index (κ2) is 7.22. The molecule has 0 radical (unpaired) electrons. The van der Waals surface area contributed by atoms with Crippen molar-refractivity contribution in [2.75, 3.05) is 0 Å². The van der Waals surface area contributed by atoms with Crippen LogP contribution in [0.3, 0.4) is 0 Å². The second-order valence-electron chi connectivity index (χ2n) is 5.32. The van der Waals surface area contributed by atoms with Gasteiger partial charge in [0.25, 0.3) is 0 Å². The van der Waals surface area contributed by atoms with Gasteiger partial charge in [-0.05, 0) is 29.9 Å². The number of hydrogen-bond acceptors (Lipinski definition) is 2. The average Bonchev–Trinajstić information content (AvgIpc) is 2.49. The largest absolute Gasteiger partial charge is 0.368 e. The first-order chi connectivity index (χ1) is 9.68. The minimum atomic E-state index is -1.31. The molecule has 0 aliphatic carbocycles. The van der Waals surface area contributed by atoms with E-state index in [-0.39, 0.29) is 5.92 Å². The third-order valence-electron chi connectivity index (χ3n) is 3.87. The molecule has 0 aliphatic rings. The maximum Gasteiger partial charge on any atom is 0.158 e. The van der Waals surface area contributed by atoms with Crippen LogP contribution in [0, 0.1) is 0 Å². The van der Waals surface area contributed by atoms with Crippen molar-refractivity contribution in [3.8, 4) is 0 Å². The molecule has 20 heavy (non-hydrogen) atoms. The molecule has 2 heteroatoms. The molecule has 2 nitrogen and oxygen atoms in total. The molecule has 0 heterocycles. The highest BCUT2D eigenvalue weighted by Crippen LogP contribution is 2.29. The van der Waals surface area contributed by atoms with Crippen molar-refractivity contribution in [3.05, 3.63) is 71.8 Å². The molecule has 0 bridgehead atoms. The third-order valence-corrected chi connectivity index (χ3v) is 3.87. The second-order valence-corrected chi connectivity index (χ2v) is 5.32. The fourth-order valence-corrected chi connectivity index (χ4v) is 2.57. The van der Waals surface area contributed by atoms with Crippen LogP contribution in [0.25, 0.3) is 0 Å². The Kier molecular flexibility index (Phi) is 5.33. The molecule has 2 unspecified atom stereocenters. The van der Waals surface area contributed by atoms with E-state index in [0.29, 0.717) is 5.92 Å². The molecular weight excluding hydrogens is 248 g/mol. The Balaban J connectivity index is 2.00. The van der Waals surface area contributed by atoms with Gasteiger partial charge in [0, 0.05) is 5.92 Å². The van der Waals surface area contributed by atoms with Gasteiger partial charge in [-0.2, -0.15) is 0 Å². The number of benzene rings is 2. The van der Waals surface area contributed by atoms with E-state index < -0.39 is 6.29 Å². The Morgan fingerprint density at radius 2 is 1.25 bits per heavy atom. The van der Waals surface area contributed by atoms with E-state index in [9.17, 15) is 10.2 Å². The molecule has 0 saturated carbocycles. The minimum absolute atomic E-state index is 0.220. The first-order valence-corrected chi connectivity index (χ1v) is 7.14. The number of rotatable bonds is 6. The maximum atomic E-state index is 9.60. The van der Waals surface area contributed by atoms with Crippen molar-refractivity contribution >= 4 is 0 Å². The topological polar surface area (TPSA) is 40.5 Å². The van der Waals surface area contributed by atoms with Crippen molar-refractivity contribution in [3.63, 3.8) is 0 Å². The molecule has 0 aromatic heterocycles. The van der Waals surface area contributed by atoms with E-state index in [1.807, 2.05) is 48.5 Å². The van der Waals surface area contributed by atoms with Crippen LogP contribution in [0.2, 0.25) is 0 Å². The van der Waals surface area contributed by atoms with Crippen molar-refractivity contribution in [1.82, 2.24) is 0 Å². The molecule has 0 aliphatic heterocycles. The average molecular weight is 270 g/mol. The van der Waals surface area contributed by atoms with Crippen LogP contribution >= 0.6 is 0 Å². The van der Waals surface area contributed by atoms with E-state index >= 15 is 0 Å². The third kappa shape index (κ3) is 3.92. The summed E-state index contributed by atoms with van der Waals surface area (Å²) in [4.78, 5) is 0. The molecule has 0 spiro atoms. The van der Waals surface area contributed by atoms with Crippen molar-refractivity contribution in [2.45, 2.75) is 37.9 Å². The number of hydrogen-bond donors (Lipinski definition) is 2. The van der Waals surface area contributed by atoms with Gasteiger partial charge in [0.05, 0.1) is 0 Å². The minimum Gasteiger partial charge on any atom is -0.368 e. The van der Waals surface area contributed by atoms with E-state index in [4.69, 9.17) is 0 Å². The summed E-state index contributed by atoms with van der Waals surface area (Å²) in [7, 11) is 0. The molecule has 2 atom stereocenters. The zero-order chi connectivity index (χ0) is 14.4. The highest BCUT2D eigenvalue weighted by atomic mass is 16.5. The van der Waals surface area contributed by atoms with Gasteiger partial charge in [-0.1, -0.05) is 67.6 Å². The van der Waals surface area contributed by atoms with Crippen LogP contribution in [-0.2, 0) is 0 Å². The first kappa shape index (κ1) is 14.8. The molecular formula is C18H22O2. The summed E-state index contributed by atoms with van der Waals surface area (Å²) in [5, 5.41) is 19.2. The lowest BCUT2D eigenvalue weighted by atomic mass is 9.88. The van der Waals surface area contributed by atoms with Crippen LogP contribution in [0.4, 0.5) is 0 Å². The van der Waals surface area contributed by atoms with Gasteiger partial charge in [0.2, 0.25) is 0 Å². The monoisotopic (exact) mass is 270 g/mol. The molecule has 0 fully saturated rings. The normalized spacial score (nSPS) is 14.2. The molecule has 0 amide bonds. The zero-order valence-electron chi connectivity index (χ0n) is 11.8. The summed E-state index contributed by atoms with van der Waals surface area (Å²) in [6, 6.07) is 20.1. The smallest absolute Gasteiger partial charge is 0.158 e. The van der Waals surface area contributed by atoms with Crippen LogP contribution in [0.5, 0.6) is 0 Å². The Morgan fingerprint density at radius 1 is 0.750 bits per heavy atom. The number of aliphatic hydroxyl groups excluding tert-OH is 1. The fraction of sp³-hybridized carbons (Fsp3) is 0.333.